The van der Waals surface area contributed by atoms with Crippen LogP contribution < -0.4 is 0 Å². The lowest BCUT2D eigenvalue weighted by Gasteiger charge is -2.28. The minimum Gasteiger partial charge on any atom is -0.427 e. The highest BCUT2D eigenvalue weighted by Crippen LogP contribution is 2.39. The third-order valence-corrected chi connectivity index (χ3v) is 4.62. The molecule has 0 spiro atoms. The maximum Gasteiger partial charge on any atom is 0.457 e. The van der Waals surface area contributed by atoms with E-state index < -0.39 is 7.12 Å². The Hall–Kier alpha value is -0.0151. The molecule has 0 heterocycles. The van der Waals surface area contributed by atoms with Crippen molar-refractivity contribution in [2.45, 2.75) is 95.7 Å². The Labute approximate surface area is 113 Å². The highest BCUT2D eigenvalue weighted by Gasteiger charge is 2.35. The van der Waals surface area contributed by atoms with Crippen LogP contribution in [0.15, 0.2) is 0 Å². The van der Waals surface area contributed by atoms with Crippen LogP contribution in [0, 0.1) is 0 Å². The van der Waals surface area contributed by atoms with Crippen molar-refractivity contribution in [3.8, 4) is 0 Å². The van der Waals surface area contributed by atoms with Gasteiger partial charge < -0.3 is 10.0 Å². The summed E-state index contributed by atoms with van der Waals surface area (Å²) in [6, 6.07) is 0. The van der Waals surface area contributed by atoms with E-state index in [1.165, 1.54) is 57.8 Å². The molecule has 0 radical (unpaired) electrons. The maximum absolute atomic E-state index is 9.60. The first-order chi connectivity index (χ1) is 8.65. The van der Waals surface area contributed by atoms with Gasteiger partial charge in [0.15, 0.2) is 0 Å². The second kappa shape index (κ2) is 8.98. The molecule has 0 aromatic carbocycles. The second-order valence-corrected chi connectivity index (χ2v) is 6.42. The molecular weight excluding hydrogens is 223 g/mol. The fourth-order valence-electron chi connectivity index (χ4n) is 3.03. The summed E-state index contributed by atoms with van der Waals surface area (Å²) in [5, 5.41) is 18.9. The summed E-state index contributed by atoms with van der Waals surface area (Å²) in [6.45, 7) is 2.05. The molecule has 0 aromatic heterocycles. The first kappa shape index (κ1) is 16.0. The molecule has 1 rings (SSSR count). The standard InChI is InChI=1S/C15H31BO2/c1-15(16(17)18)13-11-9-7-5-3-2-4-6-8-10-12-14-15/h17-18H,2-14H2,1H3. The van der Waals surface area contributed by atoms with Crippen molar-refractivity contribution < 1.29 is 10.0 Å². The van der Waals surface area contributed by atoms with Gasteiger partial charge in [0.05, 0.1) is 0 Å². The van der Waals surface area contributed by atoms with E-state index in [9.17, 15) is 10.0 Å². The summed E-state index contributed by atoms with van der Waals surface area (Å²) in [4.78, 5) is 0. The van der Waals surface area contributed by atoms with Gasteiger partial charge in [-0.15, -0.1) is 0 Å². The molecule has 1 saturated carbocycles. The molecule has 0 aromatic rings. The molecule has 1 aliphatic carbocycles. The summed E-state index contributed by atoms with van der Waals surface area (Å²) < 4.78 is 0. The largest absolute Gasteiger partial charge is 0.457 e. The highest BCUT2D eigenvalue weighted by molar-refractivity contribution is 6.45. The predicted molar refractivity (Wildman–Crippen MR) is 78.6 cm³/mol. The van der Waals surface area contributed by atoms with Crippen LogP contribution in [0.3, 0.4) is 0 Å². The van der Waals surface area contributed by atoms with Crippen molar-refractivity contribution in [3.05, 3.63) is 0 Å². The smallest absolute Gasteiger partial charge is 0.427 e. The zero-order valence-corrected chi connectivity index (χ0v) is 12.2. The molecule has 18 heavy (non-hydrogen) atoms. The monoisotopic (exact) mass is 254 g/mol. The van der Waals surface area contributed by atoms with Gasteiger partial charge in [-0.3, -0.25) is 0 Å². The summed E-state index contributed by atoms with van der Waals surface area (Å²) in [7, 11) is -1.15. The van der Waals surface area contributed by atoms with E-state index in [0.29, 0.717) is 0 Å². The highest BCUT2D eigenvalue weighted by atomic mass is 16.4. The number of rotatable bonds is 1. The Morgan fingerprint density at radius 2 is 0.889 bits per heavy atom. The summed E-state index contributed by atoms with van der Waals surface area (Å²) in [5.74, 6) is 0. The number of hydrogen-bond acceptors (Lipinski definition) is 2. The van der Waals surface area contributed by atoms with Gasteiger partial charge in [0.1, 0.15) is 0 Å². The Morgan fingerprint density at radius 3 is 1.17 bits per heavy atom. The van der Waals surface area contributed by atoms with Crippen molar-refractivity contribution in [2.24, 2.45) is 0 Å². The summed E-state index contributed by atoms with van der Waals surface area (Å²) >= 11 is 0. The van der Waals surface area contributed by atoms with E-state index in [0.717, 1.165) is 25.7 Å². The van der Waals surface area contributed by atoms with E-state index in [-0.39, 0.29) is 5.31 Å². The summed E-state index contributed by atoms with van der Waals surface area (Å²) in [5.41, 5.74) is 0. The van der Waals surface area contributed by atoms with Crippen LogP contribution >= 0.6 is 0 Å². The van der Waals surface area contributed by atoms with Gasteiger partial charge in [0.2, 0.25) is 0 Å². The van der Waals surface area contributed by atoms with Crippen LogP contribution in [0.25, 0.3) is 0 Å². The third kappa shape index (κ3) is 6.24. The first-order valence-electron chi connectivity index (χ1n) is 8.01. The molecule has 2 N–H and O–H groups in total. The summed E-state index contributed by atoms with van der Waals surface area (Å²) in [6.07, 6.45) is 16.3. The van der Waals surface area contributed by atoms with Crippen molar-refractivity contribution in [3.63, 3.8) is 0 Å². The number of hydrogen-bond donors (Lipinski definition) is 2. The van der Waals surface area contributed by atoms with Crippen LogP contribution in [-0.4, -0.2) is 17.2 Å². The molecule has 3 heteroatoms. The van der Waals surface area contributed by atoms with Gasteiger partial charge in [-0.05, 0) is 12.8 Å². The molecule has 0 amide bonds. The third-order valence-electron chi connectivity index (χ3n) is 4.62. The van der Waals surface area contributed by atoms with Gasteiger partial charge in [0, 0.05) is 5.31 Å². The molecule has 0 saturated heterocycles. The normalized spacial score (nSPS) is 24.2. The van der Waals surface area contributed by atoms with Crippen molar-refractivity contribution in [1.82, 2.24) is 0 Å². The minimum absolute atomic E-state index is 0.274. The maximum atomic E-state index is 9.60. The van der Waals surface area contributed by atoms with Crippen LogP contribution in [0.5, 0.6) is 0 Å². The van der Waals surface area contributed by atoms with Crippen LogP contribution in [0.2, 0.25) is 5.31 Å². The second-order valence-electron chi connectivity index (χ2n) is 6.42. The molecule has 0 bridgehead atoms. The van der Waals surface area contributed by atoms with Gasteiger partial charge in [-0.1, -0.05) is 77.6 Å². The Balaban J connectivity index is 2.39. The SMILES string of the molecule is CC1(B(O)O)CCCCCCCCCCCCC1. The fourth-order valence-corrected chi connectivity index (χ4v) is 3.03. The Bertz CT molecular complexity index is 193. The van der Waals surface area contributed by atoms with Crippen LogP contribution in [-0.2, 0) is 0 Å². The van der Waals surface area contributed by atoms with Crippen LogP contribution in [0.4, 0.5) is 0 Å². The van der Waals surface area contributed by atoms with Gasteiger partial charge in [-0.2, -0.15) is 0 Å². The topological polar surface area (TPSA) is 40.5 Å². The Morgan fingerprint density at radius 1 is 0.611 bits per heavy atom. The Kier molecular flexibility index (Phi) is 8.00. The molecule has 0 atom stereocenters. The van der Waals surface area contributed by atoms with Gasteiger partial charge in [0.25, 0.3) is 0 Å². The van der Waals surface area contributed by atoms with Gasteiger partial charge in [-0.25, -0.2) is 0 Å². The van der Waals surface area contributed by atoms with E-state index in [4.69, 9.17) is 0 Å². The molecule has 106 valence electrons. The minimum atomic E-state index is -1.15. The molecule has 1 fully saturated rings. The van der Waals surface area contributed by atoms with Crippen LogP contribution in [0.1, 0.15) is 90.4 Å². The van der Waals surface area contributed by atoms with E-state index in [1.807, 2.05) is 6.92 Å². The predicted octanol–water partition coefficient (Wildman–Crippen LogP) is 4.30. The quantitative estimate of drug-likeness (QED) is 0.685. The lowest BCUT2D eigenvalue weighted by atomic mass is 9.54. The average molecular weight is 254 g/mol. The van der Waals surface area contributed by atoms with E-state index >= 15 is 0 Å². The average Bonchev–Trinajstić information content (AvgIpc) is 2.34. The molecular formula is C15H31BO2. The van der Waals surface area contributed by atoms with Crippen molar-refractivity contribution in [2.75, 3.05) is 0 Å². The lowest BCUT2D eigenvalue weighted by Crippen LogP contribution is -2.30. The first-order valence-corrected chi connectivity index (χ1v) is 8.01. The zero-order chi connectivity index (χ0) is 13.3. The fraction of sp³-hybridized carbons (Fsp3) is 1.00. The lowest BCUT2D eigenvalue weighted by molar-refractivity contribution is 0.309. The zero-order valence-electron chi connectivity index (χ0n) is 12.2. The van der Waals surface area contributed by atoms with Crippen molar-refractivity contribution >= 4 is 7.12 Å². The molecule has 0 unspecified atom stereocenters. The molecule has 2 nitrogen and oxygen atoms in total. The van der Waals surface area contributed by atoms with E-state index in [2.05, 4.69) is 0 Å². The molecule has 0 aliphatic heterocycles. The van der Waals surface area contributed by atoms with Gasteiger partial charge >= 0.3 is 7.12 Å². The van der Waals surface area contributed by atoms with Crippen molar-refractivity contribution in [1.29, 1.82) is 0 Å². The van der Waals surface area contributed by atoms with E-state index in [1.54, 1.807) is 0 Å². The molecule has 1 aliphatic rings.